The summed E-state index contributed by atoms with van der Waals surface area (Å²) in [5.41, 5.74) is 2.22. The first-order chi connectivity index (χ1) is 12.1. The summed E-state index contributed by atoms with van der Waals surface area (Å²) in [6.07, 6.45) is 4.05. The van der Waals surface area contributed by atoms with Crippen molar-refractivity contribution in [3.63, 3.8) is 0 Å². The fourth-order valence-electron chi connectivity index (χ4n) is 2.90. The molecule has 0 atom stereocenters. The molecule has 0 radical (unpaired) electrons. The molecule has 0 bridgehead atoms. The van der Waals surface area contributed by atoms with Crippen molar-refractivity contribution in [2.24, 2.45) is 0 Å². The molecular weight excluding hydrogens is 359 g/mol. The summed E-state index contributed by atoms with van der Waals surface area (Å²) < 4.78 is 18.5. The number of esters is 1. The number of ether oxygens (including phenoxy) is 1. The van der Waals surface area contributed by atoms with E-state index < -0.39 is 0 Å². The Labute approximate surface area is 155 Å². The number of hydrogen-bond acceptors (Lipinski definition) is 4. The second-order valence-corrected chi connectivity index (χ2v) is 7.24. The fraction of sp³-hybridized carbons (Fsp3) is 0.333. The van der Waals surface area contributed by atoms with Crippen molar-refractivity contribution in [1.82, 2.24) is 0 Å². The van der Waals surface area contributed by atoms with Gasteiger partial charge in [0.1, 0.15) is 10.8 Å². The predicted octanol–water partition coefficient (Wildman–Crippen LogP) is 4.75. The SMILES string of the molecule is CCOC(=O)c1c(NC(=S)Nc2cccc(F)c2)sc2c1CCCC2. The molecule has 0 unspecified atom stereocenters. The Morgan fingerprint density at radius 1 is 1.32 bits per heavy atom. The lowest BCUT2D eigenvalue weighted by Gasteiger charge is -2.13. The van der Waals surface area contributed by atoms with E-state index in [-0.39, 0.29) is 11.8 Å². The van der Waals surface area contributed by atoms with Crippen LogP contribution in [0.5, 0.6) is 0 Å². The Morgan fingerprint density at radius 2 is 2.12 bits per heavy atom. The van der Waals surface area contributed by atoms with Crippen LogP contribution in [0.4, 0.5) is 15.1 Å². The molecule has 132 valence electrons. The van der Waals surface area contributed by atoms with E-state index in [9.17, 15) is 9.18 Å². The third-order valence-corrected chi connectivity index (χ3v) is 5.37. The molecule has 0 spiro atoms. The summed E-state index contributed by atoms with van der Waals surface area (Å²) in [5, 5.41) is 7.04. The molecule has 1 aromatic carbocycles. The van der Waals surface area contributed by atoms with Gasteiger partial charge >= 0.3 is 5.97 Å². The van der Waals surface area contributed by atoms with Gasteiger partial charge in [0.15, 0.2) is 5.11 Å². The highest BCUT2D eigenvalue weighted by Gasteiger charge is 2.26. The van der Waals surface area contributed by atoms with E-state index >= 15 is 0 Å². The summed E-state index contributed by atoms with van der Waals surface area (Å²) in [4.78, 5) is 13.6. The van der Waals surface area contributed by atoms with Crippen LogP contribution in [0, 0.1) is 5.82 Å². The van der Waals surface area contributed by atoms with E-state index in [0.29, 0.717) is 28.0 Å². The molecule has 4 nitrogen and oxygen atoms in total. The number of hydrogen-bond donors (Lipinski definition) is 2. The van der Waals surface area contributed by atoms with Crippen molar-refractivity contribution in [3.8, 4) is 0 Å². The predicted molar refractivity (Wildman–Crippen MR) is 103 cm³/mol. The van der Waals surface area contributed by atoms with E-state index in [1.807, 2.05) is 0 Å². The van der Waals surface area contributed by atoms with Crippen LogP contribution in [0.2, 0.25) is 0 Å². The zero-order valence-corrected chi connectivity index (χ0v) is 15.5. The van der Waals surface area contributed by atoms with Gasteiger partial charge in [-0.2, -0.15) is 0 Å². The van der Waals surface area contributed by atoms with Gasteiger partial charge in [-0.1, -0.05) is 6.07 Å². The van der Waals surface area contributed by atoms with E-state index in [0.717, 1.165) is 31.2 Å². The van der Waals surface area contributed by atoms with Gasteiger partial charge in [-0.3, -0.25) is 0 Å². The van der Waals surface area contributed by atoms with Gasteiger partial charge in [-0.05, 0) is 68.6 Å². The van der Waals surface area contributed by atoms with Crippen LogP contribution in [0.15, 0.2) is 24.3 Å². The Hall–Kier alpha value is -1.99. The number of carbonyl (C=O) groups excluding carboxylic acids is 1. The summed E-state index contributed by atoms with van der Waals surface area (Å²) in [6, 6.07) is 6.06. The van der Waals surface area contributed by atoms with E-state index in [1.165, 1.54) is 17.0 Å². The molecule has 0 saturated heterocycles. The highest BCUT2D eigenvalue weighted by atomic mass is 32.1. The highest BCUT2D eigenvalue weighted by molar-refractivity contribution is 7.80. The minimum atomic E-state index is -0.341. The van der Waals surface area contributed by atoms with E-state index in [1.54, 1.807) is 30.4 Å². The van der Waals surface area contributed by atoms with Gasteiger partial charge in [0, 0.05) is 10.6 Å². The molecule has 0 fully saturated rings. The van der Waals surface area contributed by atoms with Crippen molar-refractivity contribution in [3.05, 3.63) is 46.1 Å². The lowest BCUT2D eigenvalue weighted by atomic mass is 9.95. The molecule has 2 aromatic rings. The average Bonchev–Trinajstić information content (AvgIpc) is 2.92. The van der Waals surface area contributed by atoms with Gasteiger partial charge in [-0.15, -0.1) is 11.3 Å². The molecule has 1 aliphatic rings. The fourth-order valence-corrected chi connectivity index (χ4v) is 4.47. The molecule has 0 saturated carbocycles. The van der Waals surface area contributed by atoms with Gasteiger partial charge in [-0.25, -0.2) is 9.18 Å². The third kappa shape index (κ3) is 4.16. The number of anilines is 2. The van der Waals surface area contributed by atoms with Crippen LogP contribution < -0.4 is 10.6 Å². The number of thiophene rings is 1. The maximum absolute atomic E-state index is 13.3. The monoisotopic (exact) mass is 378 g/mol. The Kier molecular flexibility index (Phi) is 5.65. The Bertz CT molecular complexity index is 804. The van der Waals surface area contributed by atoms with Crippen LogP contribution in [0.1, 0.15) is 40.6 Å². The van der Waals surface area contributed by atoms with Crippen molar-refractivity contribution in [2.75, 3.05) is 17.2 Å². The van der Waals surface area contributed by atoms with Crippen molar-refractivity contribution < 1.29 is 13.9 Å². The number of aryl methyl sites for hydroxylation is 1. The maximum Gasteiger partial charge on any atom is 0.341 e. The first-order valence-electron chi connectivity index (χ1n) is 8.23. The van der Waals surface area contributed by atoms with Crippen LogP contribution >= 0.6 is 23.6 Å². The van der Waals surface area contributed by atoms with E-state index in [4.69, 9.17) is 17.0 Å². The molecule has 0 aliphatic heterocycles. The van der Waals surface area contributed by atoms with Gasteiger partial charge in [0.2, 0.25) is 0 Å². The third-order valence-electron chi connectivity index (χ3n) is 3.96. The number of nitrogens with one attached hydrogen (secondary N) is 2. The first-order valence-corrected chi connectivity index (χ1v) is 9.46. The average molecular weight is 378 g/mol. The molecule has 1 aliphatic carbocycles. The molecule has 1 heterocycles. The standard InChI is InChI=1S/C18H19FN2O2S2/c1-2-23-17(22)15-13-8-3-4-9-14(13)25-16(15)21-18(24)20-12-7-5-6-11(19)10-12/h5-7,10H,2-4,8-9H2,1H3,(H2,20,21,24). The summed E-state index contributed by atoms with van der Waals surface area (Å²) in [7, 11) is 0. The van der Waals surface area contributed by atoms with Gasteiger partial charge < -0.3 is 15.4 Å². The Balaban J connectivity index is 1.82. The van der Waals surface area contributed by atoms with Crippen LogP contribution in [0.25, 0.3) is 0 Å². The lowest BCUT2D eigenvalue weighted by Crippen LogP contribution is -2.20. The quantitative estimate of drug-likeness (QED) is 0.594. The molecule has 1 aromatic heterocycles. The number of fused-ring (bicyclic) bond motifs is 1. The van der Waals surface area contributed by atoms with Crippen molar-refractivity contribution in [2.45, 2.75) is 32.6 Å². The zero-order valence-electron chi connectivity index (χ0n) is 13.9. The number of benzene rings is 1. The molecule has 25 heavy (non-hydrogen) atoms. The molecule has 7 heteroatoms. The van der Waals surface area contributed by atoms with Crippen molar-refractivity contribution in [1.29, 1.82) is 0 Å². The van der Waals surface area contributed by atoms with Crippen LogP contribution in [-0.2, 0) is 17.6 Å². The van der Waals surface area contributed by atoms with Crippen LogP contribution in [-0.4, -0.2) is 17.7 Å². The van der Waals surface area contributed by atoms with E-state index in [2.05, 4.69) is 10.6 Å². The minimum absolute atomic E-state index is 0.315. The smallest absolute Gasteiger partial charge is 0.341 e. The molecule has 2 N–H and O–H groups in total. The second-order valence-electron chi connectivity index (χ2n) is 5.72. The van der Waals surface area contributed by atoms with Gasteiger partial charge in [0.05, 0.1) is 12.2 Å². The molecule has 0 amide bonds. The van der Waals surface area contributed by atoms with Crippen molar-refractivity contribution >= 4 is 45.3 Å². The van der Waals surface area contributed by atoms with Gasteiger partial charge in [0.25, 0.3) is 0 Å². The summed E-state index contributed by atoms with van der Waals surface area (Å²) in [5.74, 6) is -0.662. The maximum atomic E-state index is 13.3. The minimum Gasteiger partial charge on any atom is -0.462 e. The first kappa shape index (κ1) is 17.8. The number of carbonyl (C=O) groups is 1. The zero-order chi connectivity index (χ0) is 17.8. The summed E-state index contributed by atoms with van der Waals surface area (Å²) in [6.45, 7) is 2.12. The summed E-state index contributed by atoms with van der Waals surface area (Å²) >= 11 is 6.87. The number of rotatable bonds is 4. The number of thiocarbonyl (C=S) groups is 1. The highest BCUT2D eigenvalue weighted by Crippen LogP contribution is 2.38. The normalized spacial score (nSPS) is 13.0. The molecular formula is C18H19FN2O2S2. The largest absolute Gasteiger partial charge is 0.462 e. The lowest BCUT2D eigenvalue weighted by molar-refractivity contribution is 0.0526. The van der Waals surface area contributed by atoms with Crippen LogP contribution in [0.3, 0.4) is 0 Å². The number of halogens is 1. The molecule has 3 rings (SSSR count). The Morgan fingerprint density at radius 3 is 2.88 bits per heavy atom. The second kappa shape index (κ2) is 7.93. The topological polar surface area (TPSA) is 50.4 Å².